The molecule has 3 rings (SSSR count). The number of carboxylic acid groups (broad SMARTS) is 1. The van der Waals surface area contributed by atoms with Gasteiger partial charge in [0.1, 0.15) is 5.75 Å². The Bertz CT molecular complexity index is 504. The third-order valence-electron chi connectivity index (χ3n) is 4.31. The molecule has 20 heavy (non-hydrogen) atoms. The van der Waals surface area contributed by atoms with Gasteiger partial charge in [-0.2, -0.15) is 0 Å². The van der Waals surface area contributed by atoms with Gasteiger partial charge in [0.15, 0.2) is 0 Å². The molecule has 0 aromatic heterocycles. The minimum absolute atomic E-state index is 0.0799. The number of likely N-dealkylation sites (N-methyl/N-ethyl adjacent to an activating group) is 1. The SMILES string of the molecule is CN(C1CCOc2ccccc21)C1COCC1C(=O)O. The molecule has 0 amide bonds. The molecule has 1 saturated heterocycles. The van der Waals surface area contributed by atoms with E-state index in [0.717, 1.165) is 17.7 Å². The summed E-state index contributed by atoms with van der Waals surface area (Å²) in [6.45, 7) is 1.44. The van der Waals surface area contributed by atoms with Gasteiger partial charge in [0.25, 0.3) is 0 Å². The van der Waals surface area contributed by atoms with Crippen LogP contribution in [-0.4, -0.2) is 48.9 Å². The molecule has 0 radical (unpaired) electrons. The molecule has 2 heterocycles. The highest BCUT2D eigenvalue weighted by Crippen LogP contribution is 2.37. The van der Waals surface area contributed by atoms with Crippen LogP contribution in [0.4, 0.5) is 0 Å². The molecule has 0 bridgehead atoms. The van der Waals surface area contributed by atoms with Gasteiger partial charge in [0.2, 0.25) is 0 Å². The molecule has 3 atom stereocenters. The van der Waals surface area contributed by atoms with Crippen LogP contribution in [0.5, 0.6) is 5.75 Å². The number of rotatable bonds is 3. The summed E-state index contributed by atoms with van der Waals surface area (Å²) < 4.78 is 11.0. The van der Waals surface area contributed by atoms with Crippen molar-refractivity contribution in [2.75, 3.05) is 26.9 Å². The predicted molar refractivity (Wildman–Crippen MR) is 72.8 cm³/mol. The van der Waals surface area contributed by atoms with Crippen LogP contribution in [-0.2, 0) is 9.53 Å². The summed E-state index contributed by atoms with van der Waals surface area (Å²) in [7, 11) is 1.99. The number of fused-ring (bicyclic) bond motifs is 1. The zero-order valence-corrected chi connectivity index (χ0v) is 11.5. The summed E-state index contributed by atoms with van der Waals surface area (Å²) in [5, 5.41) is 9.29. The third-order valence-corrected chi connectivity index (χ3v) is 4.31. The molecule has 1 fully saturated rings. The number of aliphatic carboxylic acids is 1. The van der Waals surface area contributed by atoms with E-state index in [1.165, 1.54) is 0 Å². The van der Waals surface area contributed by atoms with Crippen molar-refractivity contribution in [3.8, 4) is 5.75 Å². The van der Waals surface area contributed by atoms with Gasteiger partial charge in [0, 0.05) is 24.1 Å². The zero-order chi connectivity index (χ0) is 14.1. The molecule has 1 aromatic rings. The highest BCUT2D eigenvalue weighted by Gasteiger charge is 2.40. The Balaban J connectivity index is 1.84. The van der Waals surface area contributed by atoms with Crippen molar-refractivity contribution in [1.29, 1.82) is 0 Å². The van der Waals surface area contributed by atoms with Gasteiger partial charge >= 0.3 is 5.97 Å². The molecule has 1 N–H and O–H groups in total. The monoisotopic (exact) mass is 277 g/mol. The fourth-order valence-electron chi connectivity index (χ4n) is 3.16. The largest absolute Gasteiger partial charge is 0.493 e. The Hall–Kier alpha value is -1.59. The quantitative estimate of drug-likeness (QED) is 0.908. The summed E-state index contributed by atoms with van der Waals surface area (Å²) in [5.74, 6) is -0.323. The lowest BCUT2D eigenvalue weighted by atomic mass is 9.95. The first-order valence-electron chi connectivity index (χ1n) is 6.92. The van der Waals surface area contributed by atoms with Crippen LogP contribution in [0.3, 0.4) is 0 Å². The van der Waals surface area contributed by atoms with Crippen LogP contribution in [0.25, 0.3) is 0 Å². The molecule has 2 aliphatic rings. The van der Waals surface area contributed by atoms with Crippen molar-refractivity contribution in [1.82, 2.24) is 4.90 Å². The molecule has 1 aromatic carbocycles. The molecule has 3 unspecified atom stereocenters. The van der Waals surface area contributed by atoms with Gasteiger partial charge in [-0.05, 0) is 13.1 Å². The number of benzene rings is 1. The fourth-order valence-corrected chi connectivity index (χ4v) is 3.16. The normalized spacial score (nSPS) is 29.0. The van der Waals surface area contributed by atoms with E-state index in [1.54, 1.807) is 0 Å². The zero-order valence-electron chi connectivity index (χ0n) is 11.5. The van der Waals surface area contributed by atoms with E-state index in [2.05, 4.69) is 11.0 Å². The van der Waals surface area contributed by atoms with Crippen molar-refractivity contribution in [2.24, 2.45) is 5.92 Å². The second-order valence-corrected chi connectivity index (χ2v) is 5.41. The first kappa shape index (κ1) is 13.4. The number of para-hydroxylation sites is 1. The van der Waals surface area contributed by atoms with Crippen LogP contribution < -0.4 is 4.74 Å². The van der Waals surface area contributed by atoms with Gasteiger partial charge in [0.05, 0.1) is 25.7 Å². The Kier molecular flexibility index (Phi) is 3.63. The van der Waals surface area contributed by atoms with E-state index in [0.29, 0.717) is 19.8 Å². The first-order valence-corrected chi connectivity index (χ1v) is 6.92. The van der Waals surface area contributed by atoms with Gasteiger partial charge < -0.3 is 14.6 Å². The molecular weight excluding hydrogens is 258 g/mol. The molecular formula is C15H19NO4. The lowest BCUT2D eigenvalue weighted by molar-refractivity contribution is -0.143. The van der Waals surface area contributed by atoms with Crippen LogP contribution in [0.2, 0.25) is 0 Å². The molecule has 5 heteroatoms. The van der Waals surface area contributed by atoms with Crippen molar-refractivity contribution >= 4 is 5.97 Å². The second kappa shape index (κ2) is 5.42. The molecule has 2 aliphatic heterocycles. The topological polar surface area (TPSA) is 59.0 Å². The van der Waals surface area contributed by atoms with E-state index < -0.39 is 11.9 Å². The molecule has 0 spiro atoms. The maximum absolute atomic E-state index is 11.3. The van der Waals surface area contributed by atoms with Gasteiger partial charge in [-0.25, -0.2) is 0 Å². The van der Waals surface area contributed by atoms with Crippen LogP contribution in [0.1, 0.15) is 18.0 Å². The summed E-state index contributed by atoms with van der Waals surface area (Å²) >= 11 is 0. The van der Waals surface area contributed by atoms with Gasteiger partial charge in [-0.3, -0.25) is 9.69 Å². The number of hydrogen-bond acceptors (Lipinski definition) is 4. The maximum Gasteiger partial charge on any atom is 0.310 e. The summed E-state index contributed by atoms with van der Waals surface area (Å²) in [6, 6.07) is 8.09. The van der Waals surface area contributed by atoms with Gasteiger partial charge in [-0.1, -0.05) is 18.2 Å². The Labute approximate surface area is 118 Å². The fraction of sp³-hybridized carbons (Fsp3) is 0.533. The molecule has 0 aliphatic carbocycles. The number of carboxylic acids is 1. The second-order valence-electron chi connectivity index (χ2n) is 5.41. The van der Waals surface area contributed by atoms with E-state index >= 15 is 0 Å². The van der Waals surface area contributed by atoms with Crippen molar-refractivity contribution in [3.05, 3.63) is 29.8 Å². The first-order chi connectivity index (χ1) is 9.68. The smallest absolute Gasteiger partial charge is 0.310 e. The molecule has 108 valence electrons. The highest BCUT2D eigenvalue weighted by atomic mass is 16.5. The van der Waals surface area contributed by atoms with Crippen molar-refractivity contribution in [3.63, 3.8) is 0 Å². The highest BCUT2D eigenvalue weighted by molar-refractivity contribution is 5.71. The average molecular weight is 277 g/mol. The van der Waals surface area contributed by atoms with Crippen LogP contribution in [0, 0.1) is 5.92 Å². The van der Waals surface area contributed by atoms with E-state index in [4.69, 9.17) is 9.47 Å². The predicted octanol–water partition coefficient (Wildman–Crippen LogP) is 1.54. The Morgan fingerprint density at radius 2 is 2.15 bits per heavy atom. The standard InChI is InChI=1S/C15H19NO4/c1-16(13-9-19-8-11(13)15(17)18)12-6-7-20-14-5-3-2-4-10(12)14/h2-5,11-13H,6-9H2,1H3,(H,17,18). The summed E-state index contributed by atoms with van der Waals surface area (Å²) in [4.78, 5) is 13.5. The van der Waals surface area contributed by atoms with Gasteiger partial charge in [-0.15, -0.1) is 0 Å². The maximum atomic E-state index is 11.3. The van der Waals surface area contributed by atoms with E-state index in [-0.39, 0.29) is 12.1 Å². The van der Waals surface area contributed by atoms with Crippen LogP contribution >= 0.6 is 0 Å². The van der Waals surface area contributed by atoms with Crippen molar-refractivity contribution < 1.29 is 19.4 Å². The number of ether oxygens (including phenoxy) is 2. The summed E-state index contributed by atoms with van der Waals surface area (Å²) in [6.07, 6.45) is 0.871. The Morgan fingerprint density at radius 1 is 1.35 bits per heavy atom. The minimum Gasteiger partial charge on any atom is -0.493 e. The molecule has 0 saturated carbocycles. The number of carbonyl (C=O) groups is 1. The minimum atomic E-state index is -0.778. The lowest BCUT2D eigenvalue weighted by Gasteiger charge is -2.37. The molecule has 5 nitrogen and oxygen atoms in total. The van der Waals surface area contributed by atoms with E-state index in [1.807, 2.05) is 25.2 Å². The Morgan fingerprint density at radius 3 is 2.95 bits per heavy atom. The third kappa shape index (κ3) is 2.27. The number of nitrogens with zero attached hydrogens (tertiary/aromatic N) is 1. The summed E-state index contributed by atoms with van der Waals surface area (Å²) in [5.41, 5.74) is 1.14. The van der Waals surface area contributed by atoms with Crippen LogP contribution in [0.15, 0.2) is 24.3 Å². The lowest BCUT2D eigenvalue weighted by Crippen LogP contribution is -2.43. The number of hydrogen-bond donors (Lipinski definition) is 1. The average Bonchev–Trinajstić information content (AvgIpc) is 2.95. The van der Waals surface area contributed by atoms with Crippen molar-refractivity contribution in [2.45, 2.75) is 18.5 Å². The van der Waals surface area contributed by atoms with E-state index in [9.17, 15) is 9.90 Å².